The number of hydrogen-bond acceptors (Lipinski definition) is 3. The van der Waals surface area contributed by atoms with Gasteiger partial charge in [0, 0.05) is 12.1 Å². The van der Waals surface area contributed by atoms with Gasteiger partial charge in [0.05, 0.1) is 11.7 Å². The number of hydrogen-bond donors (Lipinski definition) is 0. The van der Waals surface area contributed by atoms with Gasteiger partial charge in [0.1, 0.15) is 12.1 Å². The van der Waals surface area contributed by atoms with E-state index in [1.807, 2.05) is 16.8 Å². The standard InChI is InChI=1S/C28H39N3O/c1-3-18-6-8-20-19(15-18)7-9-22-21(20)12-13-28(2)23(22)10-11-24(28)27(32)17-31-26-5-4-14-29-25(26)16-30-31/h4-5,14,16,18-24H,3,6-13,15,17H2,1-2H3. The monoisotopic (exact) mass is 433 g/mol. The van der Waals surface area contributed by atoms with Crippen LogP contribution in [0.4, 0.5) is 0 Å². The van der Waals surface area contributed by atoms with E-state index in [1.54, 1.807) is 12.4 Å². The molecule has 172 valence electrons. The van der Waals surface area contributed by atoms with Crippen molar-refractivity contribution in [1.29, 1.82) is 0 Å². The van der Waals surface area contributed by atoms with Crippen LogP contribution in [0.5, 0.6) is 0 Å². The van der Waals surface area contributed by atoms with Crippen molar-refractivity contribution in [2.24, 2.45) is 46.8 Å². The van der Waals surface area contributed by atoms with Crippen molar-refractivity contribution in [3.63, 3.8) is 0 Å². The van der Waals surface area contributed by atoms with Crippen LogP contribution in [0.25, 0.3) is 11.0 Å². The molecule has 0 spiro atoms. The Morgan fingerprint density at radius 3 is 2.84 bits per heavy atom. The fraction of sp³-hybridized carbons (Fsp3) is 0.750. The van der Waals surface area contributed by atoms with E-state index in [0.717, 1.165) is 53.0 Å². The van der Waals surface area contributed by atoms with Crippen LogP contribution in [0.15, 0.2) is 24.5 Å². The first-order valence-electron chi connectivity index (χ1n) is 13.4. The molecule has 0 bridgehead atoms. The van der Waals surface area contributed by atoms with Crippen LogP contribution < -0.4 is 0 Å². The molecule has 4 heteroatoms. The lowest BCUT2D eigenvalue weighted by molar-refractivity contribution is -0.131. The lowest BCUT2D eigenvalue weighted by Gasteiger charge is -2.56. The Hall–Kier alpha value is -1.71. The summed E-state index contributed by atoms with van der Waals surface area (Å²) in [4.78, 5) is 18.0. The van der Waals surface area contributed by atoms with Crippen LogP contribution in [-0.4, -0.2) is 20.5 Å². The van der Waals surface area contributed by atoms with Crippen LogP contribution in [0.2, 0.25) is 0 Å². The third-order valence-electron chi connectivity index (χ3n) is 10.7. The molecule has 8 atom stereocenters. The molecule has 2 heterocycles. The van der Waals surface area contributed by atoms with Gasteiger partial charge in [0.15, 0.2) is 5.78 Å². The van der Waals surface area contributed by atoms with Crippen LogP contribution in [0.1, 0.15) is 78.1 Å². The summed E-state index contributed by atoms with van der Waals surface area (Å²) < 4.78 is 1.88. The molecule has 8 unspecified atom stereocenters. The molecular weight excluding hydrogens is 394 g/mol. The molecule has 32 heavy (non-hydrogen) atoms. The number of carbonyl (C=O) groups is 1. The summed E-state index contributed by atoms with van der Waals surface area (Å²) in [6, 6.07) is 3.96. The van der Waals surface area contributed by atoms with Gasteiger partial charge in [-0.3, -0.25) is 14.5 Å². The number of pyridine rings is 1. The van der Waals surface area contributed by atoms with Gasteiger partial charge < -0.3 is 0 Å². The third-order valence-corrected chi connectivity index (χ3v) is 10.7. The van der Waals surface area contributed by atoms with Crippen LogP contribution in [0, 0.1) is 46.8 Å². The summed E-state index contributed by atoms with van der Waals surface area (Å²) in [5.74, 6) is 6.16. The van der Waals surface area contributed by atoms with E-state index in [-0.39, 0.29) is 11.3 Å². The van der Waals surface area contributed by atoms with E-state index < -0.39 is 0 Å². The number of Topliss-reactive ketones (excluding diaryl/α,β-unsaturated/α-hetero) is 1. The van der Waals surface area contributed by atoms with Gasteiger partial charge >= 0.3 is 0 Å². The van der Waals surface area contributed by atoms with E-state index in [9.17, 15) is 4.79 Å². The smallest absolute Gasteiger partial charge is 0.157 e. The Morgan fingerprint density at radius 2 is 1.97 bits per heavy atom. The quantitative estimate of drug-likeness (QED) is 0.569. The molecule has 4 aliphatic carbocycles. The Balaban J connectivity index is 1.19. The first kappa shape index (κ1) is 20.9. The number of ketones is 1. The van der Waals surface area contributed by atoms with Gasteiger partial charge in [-0.15, -0.1) is 0 Å². The molecule has 2 aromatic heterocycles. The molecule has 0 radical (unpaired) electrons. The van der Waals surface area contributed by atoms with Crippen molar-refractivity contribution in [1.82, 2.24) is 14.8 Å². The van der Waals surface area contributed by atoms with E-state index in [1.165, 1.54) is 57.8 Å². The lowest BCUT2D eigenvalue weighted by Crippen LogP contribution is -2.49. The van der Waals surface area contributed by atoms with Crippen molar-refractivity contribution in [3.05, 3.63) is 24.5 Å². The largest absolute Gasteiger partial charge is 0.297 e. The Bertz CT molecular complexity index is 997. The fourth-order valence-corrected chi connectivity index (χ4v) is 9.15. The summed E-state index contributed by atoms with van der Waals surface area (Å²) in [5, 5.41) is 4.49. The molecule has 2 aromatic rings. The number of aromatic nitrogens is 3. The first-order chi connectivity index (χ1) is 15.6. The Labute approximate surface area is 192 Å². The summed E-state index contributed by atoms with van der Waals surface area (Å²) >= 11 is 0. The highest BCUT2D eigenvalue weighted by Gasteiger charge is 2.58. The molecule has 6 rings (SSSR count). The number of carbonyl (C=O) groups excluding carboxylic acids is 1. The second-order valence-electron chi connectivity index (χ2n) is 11.9. The molecule has 4 saturated carbocycles. The second kappa shape index (κ2) is 7.95. The molecule has 0 amide bonds. The first-order valence-corrected chi connectivity index (χ1v) is 13.4. The fourth-order valence-electron chi connectivity index (χ4n) is 9.15. The highest BCUT2D eigenvalue weighted by Crippen LogP contribution is 2.64. The van der Waals surface area contributed by atoms with Gasteiger partial charge in [-0.25, -0.2) is 0 Å². The number of fused-ring (bicyclic) bond motifs is 6. The average Bonchev–Trinajstić information content (AvgIpc) is 3.39. The minimum Gasteiger partial charge on any atom is -0.297 e. The summed E-state index contributed by atoms with van der Waals surface area (Å²) in [5.41, 5.74) is 2.06. The zero-order chi connectivity index (χ0) is 21.9. The van der Waals surface area contributed by atoms with Gasteiger partial charge in [-0.2, -0.15) is 5.10 Å². The highest BCUT2D eigenvalue weighted by molar-refractivity contribution is 5.84. The molecule has 4 nitrogen and oxygen atoms in total. The summed E-state index contributed by atoms with van der Waals surface area (Å²) in [6.45, 7) is 5.27. The molecule has 0 N–H and O–H groups in total. The van der Waals surface area contributed by atoms with Crippen molar-refractivity contribution in [2.45, 2.75) is 84.6 Å². The van der Waals surface area contributed by atoms with Gasteiger partial charge in [-0.1, -0.05) is 26.7 Å². The summed E-state index contributed by atoms with van der Waals surface area (Å²) in [7, 11) is 0. The van der Waals surface area contributed by atoms with Crippen molar-refractivity contribution in [2.75, 3.05) is 0 Å². The predicted octanol–water partition coefficient (Wildman–Crippen LogP) is 6.30. The minimum absolute atomic E-state index is 0.201. The lowest BCUT2D eigenvalue weighted by atomic mass is 9.49. The van der Waals surface area contributed by atoms with Gasteiger partial charge in [0.2, 0.25) is 0 Å². The van der Waals surface area contributed by atoms with E-state index in [4.69, 9.17) is 0 Å². The molecule has 4 fully saturated rings. The maximum Gasteiger partial charge on any atom is 0.157 e. The predicted molar refractivity (Wildman–Crippen MR) is 127 cm³/mol. The zero-order valence-corrected chi connectivity index (χ0v) is 19.9. The summed E-state index contributed by atoms with van der Waals surface area (Å²) in [6.07, 6.45) is 17.3. The van der Waals surface area contributed by atoms with Gasteiger partial charge in [0.25, 0.3) is 0 Å². The molecule has 4 aliphatic rings. The maximum atomic E-state index is 13.6. The van der Waals surface area contributed by atoms with E-state index >= 15 is 0 Å². The van der Waals surface area contributed by atoms with Crippen molar-refractivity contribution in [3.8, 4) is 0 Å². The average molecular weight is 434 g/mol. The van der Waals surface area contributed by atoms with Gasteiger partial charge in [-0.05, 0) is 104 Å². The SMILES string of the molecule is CCC1CCC2C(CCC3C2CCC2(C)C(C(=O)Cn4ncc5ncccc54)CCC32)C1. The third kappa shape index (κ3) is 3.19. The van der Waals surface area contributed by atoms with Crippen LogP contribution in [-0.2, 0) is 11.3 Å². The second-order valence-corrected chi connectivity index (χ2v) is 11.9. The Kier molecular flexibility index (Phi) is 5.19. The number of nitrogens with zero attached hydrogens (tertiary/aromatic N) is 3. The molecular formula is C28H39N3O. The minimum atomic E-state index is 0.201. The number of rotatable bonds is 4. The van der Waals surface area contributed by atoms with Crippen LogP contribution in [0.3, 0.4) is 0 Å². The van der Waals surface area contributed by atoms with E-state index in [2.05, 4.69) is 23.9 Å². The van der Waals surface area contributed by atoms with E-state index in [0.29, 0.717) is 12.3 Å². The van der Waals surface area contributed by atoms with Crippen molar-refractivity contribution < 1.29 is 4.79 Å². The van der Waals surface area contributed by atoms with Crippen LogP contribution >= 0.6 is 0 Å². The Morgan fingerprint density at radius 1 is 1.09 bits per heavy atom. The molecule has 0 saturated heterocycles. The molecule has 0 aromatic carbocycles. The zero-order valence-electron chi connectivity index (χ0n) is 19.9. The van der Waals surface area contributed by atoms with Crippen molar-refractivity contribution >= 4 is 16.8 Å². The topological polar surface area (TPSA) is 47.8 Å². The molecule has 0 aliphatic heterocycles. The highest BCUT2D eigenvalue weighted by atomic mass is 16.1. The normalized spacial score (nSPS) is 41.1. The maximum absolute atomic E-state index is 13.6.